The fourth-order valence-corrected chi connectivity index (χ4v) is 2.08. The number of hydrogen-bond acceptors (Lipinski definition) is 4. The molecule has 0 unspecified atom stereocenters. The van der Waals surface area contributed by atoms with Gasteiger partial charge in [0.2, 0.25) is 0 Å². The minimum absolute atomic E-state index is 0.382. The number of hydrogen-bond donors (Lipinski definition) is 2. The highest BCUT2D eigenvalue weighted by Gasteiger charge is 2.25. The molecule has 3 N–H and O–H groups in total. The summed E-state index contributed by atoms with van der Waals surface area (Å²) in [5.74, 6) is 0.955. The molecule has 1 fully saturated rings. The Morgan fingerprint density at radius 1 is 1.38 bits per heavy atom. The van der Waals surface area contributed by atoms with Crippen LogP contribution in [0.1, 0.15) is 18.7 Å². The van der Waals surface area contributed by atoms with Crippen LogP contribution in [0.2, 0.25) is 0 Å². The van der Waals surface area contributed by atoms with E-state index in [2.05, 4.69) is 15.5 Å². The summed E-state index contributed by atoms with van der Waals surface area (Å²) >= 11 is 0. The number of aromatic nitrogens is 3. The average Bonchev–Trinajstić information content (AvgIpc) is 2.66. The van der Waals surface area contributed by atoms with Crippen molar-refractivity contribution in [2.75, 3.05) is 0 Å². The Balaban J connectivity index is 1.70. The normalized spacial score (nSPS) is 24.6. The van der Waals surface area contributed by atoms with Gasteiger partial charge in [-0.15, -0.1) is 10.2 Å². The Hall–Kier alpha value is -1.46. The summed E-state index contributed by atoms with van der Waals surface area (Å²) < 4.78 is 2.01. The summed E-state index contributed by atoms with van der Waals surface area (Å²) in [6.07, 6.45) is 4.12. The summed E-state index contributed by atoms with van der Waals surface area (Å²) in [7, 11) is 0. The van der Waals surface area contributed by atoms with Crippen molar-refractivity contribution in [1.29, 1.82) is 0 Å². The summed E-state index contributed by atoms with van der Waals surface area (Å²) in [6.45, 7) is 0.753. The predicted octanol–water partition coefficient (Wildman–Crippen LogP) is 0.309. The van der Waals surface area contributed by atoms with E-state index in [1.54, 1.807) is 0 Å². The zero-order chi connectivity index (χ0) is 11.0. The first-order valence-electron chi connectivity index (χ1n) is 5.60. The van der Waals surface area contributed by atoms with Gasteiger partial charge >= 0.3 is 0 Å². The van der Waals surface area contributed by atoms with E-state index in [4.69, 9.17) is 5.73 Å². The van der Waals surface area contributed by atoms with Gasteiger partial charge in [0.25, 0.3) is 0 Å². The second-order valence-corrected chi connectivity index (χ2v) is 4.35. The maximum Gasteiger partial charge on any atom is 0.160 e. The van der Waals surface area contributed by atoms with Crippen molar-refractivity contribution in [3.63, 3.8) is 0 Å². The quantitative estimate of drug-likeness (QED) is 0.776. The number of nitrogens with two attached hydrogens (primary N) is 1. The molecule has 3 rings (SSSR count). The minimum Gasteiger partial charge on any atom is -0.328 e. The fraction of sp³-hybridized carbons (Fsp3) is 0.455. The molecule has 2 heterocycles. The van der Waals surface area contributed by atoms with Crippen molar-refractivity contribution in [2.24, 2.45) is 5.73 Å². The highest BCUT2D eigenvalue weighted by atomic mass is 15.3. The molecule has 0 saturated heterocycles. The molecule has 84 valence electrons. The Bertz CT molecular complexity index is 486. The van der Waals surface area contributed by atoms with Crippen molar-refractivity contribution >= 4 is 5.65 Å². The van der Waals surface area contributed by atoms with Gasteiger partial charge in [-0.3, -0.25) is 4.40 Å². The first-order valence-corrected chi connectivity index (χ1v) is 5.60. The van der Waals surface area contributed by atoms with Crippen molar-refractivity contribution in [1.82, 2.24) is 19.9 Å². The highest BCUT2D eigenvalue weighted by molar-refractivity contribution is 5.36. The second kappa shape index (κ2) is 3.84. The van der Waals surface area contributed by atoms with E-state index in [0.29, 0.717) is 12.1 Å². The van der Waals surface area contributed by atoms with Crippen LogP contribution >= 0.6 is 0 Å². The Kier molecular flexibility index (Phi) is 2.34. The third-order valence-electron chi connectivity index (χ3n) is 3.11. The molecule has 0 bridgehead atoms. The molecule has 0 aromatic carbocycles. The summed E-state index contributed by atoms with van der Waals surface area (Å²) in [5.41, 5.74) is 6.63. The molecule has 2 aromatic rings. The molecule has 0 spiro atoms. The van der Waals surface area contributed by atoms with Gasteiger partial charge in [-0.25, -0.2) is 0 Å². The molecule has 1 aliphatic carbocycles. The predicted molar refractivity (Wildman–Crippen MR) is 60.8 cm³/mol. The van der Waals surface area contributed by atoms with E-state index in [1.165, 1.54) is 0 Å². The molecule has 0 amide bonds. The monoisotopic (exact) mass is 217 g/mol. The van der Waals surface area contributed by atoms with E-state index < -0.39 is 0 Å². The topological polar surface area (TPSA) is 68.2 Å². The first kappa shape index (κ1) is 9.74. The summed E-state index contributed by atoms with van der Waals surface area (Å²) in [4.78, 5) is 0. The van der Waals surface area contributed by atoms with E-state index in [0.717, 1.165) is 30.9 Å². The van der Waals surface area contributed by atoms with Crippen LogP contribution in [0, 0.1) is 0 Å². The SMILES string of the molecule is NC1CC(NCc2nnc3ccccn23)C1. The third-order valence-corrected chi connectivity index (χ3v) is 3.11. The molecule has 0 atom stereocenters. The van der Waals surface area contributed by atoms with Gasteiger partial charge in [-0.2, -0.15) is 0 Å². The van der Waals surface area contributed by atoms with Crippen molar-refractivity contribution in [3.05, 3.63) is 30.2 Å². The molecular weight excluding hydrogens is 202 g/mol. The molecular formula is C11H15N5. The van der Waals surface area contributed by atoms with Gasteiger partial charge in [-0.05, 0) is 25.0 Å². The van der Waals surface area contributed by atoms with Crippen LogP contribution in [0.5, 0.6) is 0 Å². The van der Waals surface area contributed by atoms with Crippen molar-refractivity contribution < 1.29 is 0 Å². The molecule has 16 heavy (non-hydrogen) atoms. The lowest BCUT2D eigenvalue weighted by Gasteiger charge is -2.32. The van der Waals surface area contributed by atoms with Gasteiger partial charge < -0.3 is 11.1 Å². The minimum atomic E-state index is 0.382. The Morgan fingerprint density at radius 3 is 3.06 bits per heavy atom. The fourth-order valence-electron chi connectivity index (χ4n) is 2.08. The van der Waals surface area contributed by atoms with E-state index in [9.17, 15) is 0 Å². The van der Waals surface area contributed by atoms with Gasteiger partial charge in [-0.1, -0.05) is 6.07 Å². The second-order valence-electron chi connectivity index (χ2n) is 4.35. The number of nitrogens with one attached hydrogen (secondary N) is 1. The third kappa shape index (κ3) is 1.68. The van der Waals surface area contributed by atoms with Crippen molar-refractivity contribution in [3.8, 4) is 0 Å². The van der Waals surface area contributed by atoms with E-state index >= 15 is 0 Å². The van der Waals surface area contributed by atoms with Crippen LogP contribution in [0.15, 0.2) is 24.4 Å². The Morgan fingerprint density at radius 2 is 2.25 bits per heavy atom. The Labute approximate surface area is 93.7 Å². The maximum absolute atomic E-state index is 5.74. The van der Waals surface area contributed by atoms with E-state index in [-0.39, 0.29) is 0 Å². The first-order chi connectivity index (χ1) is 7.83. The van der Waals surface area contributed by atoms with Crippen LogP contribution in [0.4, 0.5) is 0 Å². The van der Waals surface area contributed by atoms with Crippen LogP contribution in [0.25, 0.3) is 5.65 Å². The zero-order valence-corrected chi connectivity index (χ0v) is 9.00. The molecule has 1 saturated carbocycles. The van der Waals surface area contributed by atoms with Crippen LogP contribution < -0.4 is 11.1 Å². The zero-order valence-electron chi connectivity index (χ0n) is 9.00. The van der Waals surface area contributed by atoms with Gasteiger partial charge in [0.15, 0.2) is 11.5 Å². The lowest BCUT2D eigenvalue weighted by molar-refractivity contribution is 0.288. The van der Waals surface area contributed by atoms with Gasteiger partial charge in [0.1, 0.15) is 0 Å². The molecule has 0 aliphatic heterocycles. The van der Waals surface area contributed by atoms with E-state index in [1.807, 2.05) is 28.8 Å². The number of nitrogens with zero attached hydrogens (tertiary/aromatic N) is 3. The molecule has 1 aliphatic rings. The van der Waals surface area contributed by atoms with Crippen LogP contribution in [-0.4, -0.2) is 26.7 Å². The smallest absolute Gasteiger partial charge is 0.160 e. The number of rotatable bonds is 3. The van der Waals surface area contributed by atoms with Gasteiger partial charge in [0, 0.05) is 18.3 Å². The molecule has 2 aromatic heterocycles. The van der Waals surface area contributed by atoms with Gasteiger partial charge in [0.05, 0.1) is 6.54 Å². The lowest BCUT2D eigenvalue weighted by Crippen LogP contribution is -2.48. The number of fused-ring (bicyclic) bond motifs is 1. The standard InChI is InChI=1S/C11H15N5/c12-8-5-9(6-8)13-7-11-15-14-10-3-1-2-4-16(10)11/h1-4,8-9,13H,5-7,12H2. The number of pyridine rings is 1. The molecule has 0 radical (unpaired) electrons. The average molecular weight is 217 g/mol. The maximum atomic E-state index is 5.74. The lowest BCUT2D eigenvalue weighted by atomic mass is 9.88. The van der Waals surface area contributed by atoms with Crippen LogP contribution in [0.3, 0.4) is 0 Å². The van der Waals surface area contributed by atoms with Crippen molar-refractivity contribution in [2.45, 2.75) is 31.5 Å². The summed E-state index contributed by atoms with van der Waals surface area (Å²) in [6, 6.07) is 6.83. The largest absolute Gasteiger partial charge is 0.328 e. The molecule has 5 nitrogen and oxygen atoms in total. The summed E-state index contributed by atoms with van der Waals surface area (Å²) in [5, 5.41) is 11.7. The highest BCUT2D eigenvalue weighted by Crippen LogP contribution is 2.17. The van der Waals surface area contributed by atoms with Crippen LogP contribution in [-0.2, 0) is 6.54 Å². The molecule has 5 heteroatoms.